The molecule has 0 radical (unpaired) electrons. The van der Waals surface area contributed by atoms with Gasteiger partial charge in [-0.2, -0.15) is 0 Å². The molecule has 2 N–H and O–H groups in total. The van der Waals surface area contributed by atoms with Crippen LogP contribution < -0.4 is 5.73 Å². The molecule has 1 aliphatic carbocycles. The van der Waals surface area contributed by atoms with Gasteiger partial charge in [-0.05, 0) is 29.7 Å². The monoisotopic (exact) mass is 307 g/mol. The fourth-order valence-corrected chi connectivity index (χ4v) is 3.42. The Morgan fingerprint density at radius 2 is 1.87 bits per heavy atom. The predicted octanol–water partition coefficient (Wildman–Crippen LogP) is 3.59. The van der Waals surface area contributed by atoms with Crippen LogP contribution in [-0.2, 0) is 9.53 Å². The van der Waals surface area contributed by atoms with Crippen LogP contribution in [0.1, 0.15) is 36.0 Å². The molecule has 2 unspecified atom stereocenters. The smallest absolute Gasteiger partial charge is 0.187 e. The van der Waals surface area contributed by atoms with Gasteiger partial charge < -0.3 is 14.9 Å². The number of carbonyl (C=O) groups is 1. The number of hydrogen-bond donors (Lipinski definition) is 1. The molecule has 2 aromatic rings. The van der Waals surface area contributed by atoms with Crippen LogP contribution in [-0.4, -0.2) is 5.78 Å². The molecule has 4 rings (SSSR count). The molecule has 4 heteroatoms. The van der Waals surface area contributed by atoms with Crippen molar-refractivity contribution in [2.24, 2.45) is 5.73 Å². The Hall–Kier alpha value is -2.75. The van der Waals surface area contributed by atoms with Crippen molar-refractivity contribution in [3.8, 4) is 0 Å². The van der Waals surface area contributed by atoms with Crippen molar-refractivity contribution < 1.29 is 13.9 Å². The zero-order valence-corrected chi connectivity index (χ0v) is 12.6. The fraction of sp³-hybridized carbons (Fsp3) is 0.211. The second kappa shape index (κ2) is 5.47. The maximum absolute atomic E-state index is 12.8. The van der Waals surface area contributed by atoms with Crippen molar-refractivity contribution in [3.05, 3.63) is 83.3 Å². The van der Waals surface area contributed by atoms with Crippen LogP contribution >= 0.6 is 0 Å². The van der Waals surface area contributed by atoms with Gasteiger partial charge in [0.25, 0.3) is 0 Å². The van der Waals surface area contributed by atoms with Crippen LogP contribution in [0.2, 0.25) is 0 Å². The van der Waals surface area contributed by atoms with Crippen LogP contribution in [0, 0.1) is 0 Å². The van der Waals surface area contributed by atoms with E-state index in [1.165, 1.54) is 0 Å². The molecular formula is C19H17NO3. The molecule has 0 amide bonds. The van der Waals surface area contributed by atoms with Crippen molar-refractivity contribution in [2.75, 3.05) is 0 Å². The molecule has 0 fully saturated rings. The summed E-state index contributed by atoms with van der Waals surface area (Å²) in [6.07, 6.45) is 4.52. The van der Waals surface area contributed by atoms with Crippen LogP contribution in [0.3, 0.4) is 0 Å². The summed E-state index contributed by atoms with van der Waals surface area (Å²) in [6.45, 7) is 0. The van der Waals surface area contributed by atoms with E-state index in [0.717, 1.165) is 11.3 Å². The van der Waals surface area contributed by atoms with Crippen molar-refractivity contribution >= 4 is 5.78 Å². The standard InChI is InChI=1S/C19H17NO3/c20-18-11-14(16-7-4-8-22-16)19-15(21)9-13(10-17(19)23-18)12-5-2-1-3-6-12/h1-8,11,13-14H,9-10,20H2. The Balaban J connectivity index is 1.72. The van der Waals surface area contributed by atoms with Gasteiger partial charge in [0, 0.05) is 18.4 Å². The summed E-state index contributed by atoms with van der Waals surface area (Å²) in [7, 11) is 0. The third-order valence-corrected chi connectivity index (χ3v) is 4.47. The highest BCUT2D eigenvalue weighted by Gasteiger charge is 2.37. The summed E-state index contributed by atoms with van der Waals surface area (Å²) in [5.41, 5.74) is 7.75. The molecule has 0 saturated heterocycles. The summed E-state index contributed by atoms with van der Waals surface area (Å²) in [6, 6.07) is 13.7. The first-order valence-corrected chi connectivity index (χ1v) is 7.72. The molecule has 1 aliphatic heterocycles. The molecule has 0 bridgehead atoms. The minimum Gasteiger partial charge on any atom is -0.468 e. The Morgan fingerprint density at radius 1 is 1.04 bits per heavy atom. The Kier molecular flexibility index (Phi) is 3.30. The minimum absolute atomic E-state index is 0.102. The van der Waals surface area contributed by atoms with E-state index >= 15 is 0 Å². The third kappa shape index (κ3) is 2.46. The number of nitrogens with two attached hydrogens (primary N) is 1. The maximum Gasteiger partial charge on any atom is 0.187 e. The maximum atomic E-state index is 12.8. The van der Waals surface area contributed by atoms with Crippen molar-refractivity contribution in [1.82, 2.24) is 0 Å². The van der Waals surface area contributed by atoms with Gasteiger partial charge in [-0.25, -0.2) is 0 Å². The van der Waals surface area contributed by atoms with Gasteiger partial charge in [0.2, 0.25) is 0 Å². The fourth-order valence-electron chi connectivity index (χ4n) is 3.42. The molecule has 1 aromatic heterocycles. The Labute approximate surface area is 134 Å². The van der Waals surface area contributed by atoms with Gasteiger partial charge in [-0.15, -0.1) is 0 Å². The van der Waals surface area contributed by atoms with Crippen LogP contribution in [0.4, 0.5) is 0 Å². The minimum atomic E-state index is -0.252. The number of hydrogen-bond acceptors (Lipinski definition) is 4. The van der Waals surface area contributed by atoms with Crippen LogP contribution in [0.5, 0.6) is 0 Å². The lowest BCUT2D eigenvalue weighted by atomic mass is 9.77. The Bertz CT molecular complexity index is 787. The van der Waals surface area contributed by atoms with Gasteiger partial charge in [0.1, 0.15) is 11.5 Å². The predicted molar refractivity (Wildman–Crippen MR) is 85.3 cm³/mol. The largest absolute Gasteiger partial charge is 0.468 e. The van der Waals surface area contributed by atoms with Crippen LogP contribution in [0.25, 0.3) is 0 Å². The summed E-state index contributed by atoms with van der Waals surface area (Å²) in [5, 5.41) is 0. The van der Waals surface area contributed by atoms with Gasteiger partial charge >= 0.3 is 0 Å². The zero-order valence-electron chi connectivity index (χ0n) is 12.6. The van der Waals surface area contributed by atoms with E-state index < -0.39 is 0 Å². The van der Waals surface area contributed by atoms with Gasteiger partial charge in [0.15, 0.2) is 11.7 Å². The highest BCUT2D eigenvalue weighted by molar-refractivity contribution is 5.99. The van der Waals surface area contributed by atoms with Gasteiger partial charge in [-0.3, -0.25) is 4.79 Å². The first-order valence-electron chi connectivity index (χ1n) is 7.72. The van der Waals surface area contributed by atoms with Gasteiger partial charge in [-0.1, -0.05) is 30.3 Å². The van der Waals surface area contributed by atoms with E-state index in [0.29, 0.717) is 30.1 Å². The molecule has 23 heavy (non-hydrogen) atoms. The number of carbonyl (C=O) groups excluding carboxylic acids is 1. The highest BCUT2D eigenvalue weighted by Crippen LogP contribution is 2.43. The summed E-state index contributed by atoms with van der Waals surface area (Å²) in [4.78, 5) is 12.8. The van der Waals surface area contributed by atoms with Gasteiger partial charge in [0.05, 0.1) is 12.2 Å². The molecule has 2 atom stereocenters. The molecule has 2 aliphatic rings. The third-order valence-electron chi connectivity index (χ3n) is 4.47. The SMILES string of the molecule is NC1=CC(c2ccco2)C2=C(CC(c3ccccc3)CC2=O)O1. The molecule has 2 heterocycles. The van der Waals surface area contributed by atoms with Crippen molar-refractivity contribution in [3.63, 3.8) is 0 Å². The number of ether oxygens (including phenoxy) is 1. The average Bonchev–Trinajstić information content (AvgIpc) is 3.09. The van der Waals surface area contributed by atoms with Crippen molar-refractivity contribution in [2.45, 2.75) is 24.7 Å². The zero-order chi connectivity index (χ0) is 15.8. The summed E-state index contributed by atoms with van der Waals surface area (Å²) in [5.74, 6) is 1.70. The highest BCUT2D eigenvalue weighted by atomic mass is 16.5. The van der Waals surface area contributed by atoms with E-state index in [-0.39, 0.29) is 17.6 Å². The molecule has 0 spiro atoms. The number of rotatable bonds is 2. The first-order chi connectivity index (χ1) is 11.2. The number of ketones is 1. The lowest BCUT2D eigenvalue weighted by Crippen LogP contribution is -2.27. The van der Waals surface area contributed by atoms with E-state index in [4.69, 9.17) is 14.9 Å². The topological polar surface area (TPSA) is 65.5 Å². The Morgan fingerprint density at radius 3 is 2.61 bits per heavy atom. The van der Waals surface area contributed by atoms with E-state index in [1.807, 2.05) is 30.3 Å². The molecule has 4 nitrogen and oxygen atoms in total. The number of Topliss-reactive ketones (excluding diaryl/α,β-unsaturated/α-hetero) is 1. The first kappa shape index (κ1) is 13.9. The summed E-state index contributed by atoms with van der Waals surface area (Å²) < 4.78 is 11.2. The second-order valence-electron chi connectivity index (χ2n) is 5.94. The quantitative estimate of drug-likeness (QED) is 0.920. The van der Waals surface area contributed by atoms with Crippen LogP contribution in [0.15, 0.2) is 76.4 Å². The van der Waals surface area contributed by atoms with Crippen molar-refractivity contribution in [1.29, 1.82) is 0 Å². The molecular weight excluding hydrogens is 290 g/mol. The number of allylic oxidation sites excluding steroid dienone is 3. The van der Waals surface area contributed by atoms with E-state index in [1.54, 1.807) is 12.3 Å². The van der Waals surface area contributed by atoms with E-state index in [2.05, 4.69) is 12.1 Å². The molecule has 116 valence electrons. The number of benzene rings is 1. The molecule has 1 aromatic carbocycles. The lowest BCUT2D eigenvalue weighted by Gasteiger charge is -2.31. The number of furan rings is 1. The average molecular weight is 307 g/mol. The lowest BCUT2D eigenvalue weighted by molar-refractivity contribution is -0.117. The normalized spacial score (nSPS) is 24.0. The second-order valence-corrected chi connectivity index (χ2v) is 5.94. The summed E-state index contributed by atoms with van der Waals surface area (Å²) >= 11 is 0. The molecule has 0 saturated carbocycles. The van der Waals surface area contributed by atoms with E-state index in [9.17, 15) is 4.79 Å².